The average molecular weight is 211 g/mol. The highest BCUT2D eigenvalue weighted by molar-refractivity contribution is 5.81. The van der Waals surface area contributed by atoms with Crippen molar-refractivity contribution in [3.8, 4) is 0 Å². The molecule has 0 amide bonds. The zero-order valence-corrected chi connectivity index (χ0v) is 10.0. The lowest BCUT2D eigenvalue weighted by atomic mass is 10.3. The Labute approximate surface area is 92.5 Å². The lowest BCUT2D eigenvalue weighted by molar-refractivity contribution is -0.134. The molecular formula is C12H21NO2. The second-order valence-corrected chi connectivity index (χ2v) is 2.29. The molecule has 0 bridgehead atoms. The van der Waals surface area contributed by atoms with Gasteiger partial charge in [0.25, 0.3) is 0 Å². The van der Waals surface area contributed by atoms with Gasteiger partial charge in [-0.1, -0.05) is 32.6 Å². The maximum atomic E-state index is 10.7. The molecule has 0 spiro atoms. The van der Waals surface area contributed by atoms with Crippen molar-refractivity contribution in [2.45, 2.75) is 27.2 Å². The Bertz CT molecular complexity index is 230. The Morgan fingerprint density at radius 2 is 2.07 bits per heavy atom. The van der Waals surface area contributed by atoms with Gasteiger partial charge >= 0.3 is 5.97 Å². The van der Waals surface area contributed by atoms with Gasteiger partial charge in [-0.2, -0.15) is 0 Å². The summed E-state index contributed by atoms with van der Waals surface area (Å²) in [6.45, 7) is 9.45. The zero-order chi connectivity index (χ0) is 12.1. The molecule has 15 heavy (non-hydrogen) atoms. The Hall–Kier alpha value is -1.51. The van der Waals surface area contributed by atoms with Crippen molar-refractivity contribution in [3.05, 3.63) is 36.7 Å². The van der Waals surface area contributed by atoms with E-state index in [0.717, 1.165) is 5.70 Å². The number of esters is 1. The van der Waals surface area contributed by atoms with Crippen molar-refractivity contribution >= 4 is 5.97 Å². The summed E-state index contributed by atoms with van der Waals surface area (Å²) in [4.78, 5) is 10.7. The quantitative estimate of drug-likeness (QED) is 0.561. The number of hydrogen-bond donors (Lipinski definition) is 1. The Kier molecular flexibility index (Phi) is 13.3. The van der Waals surface area contributed by atoms with E-state index in [1.54, 1.807) is 12.3 Å². The van der Waals surface area contributed by atoms with Crippen LogP contribution in [0.1, 0.15) is 27.2 Å². The number of ether oxygens (including phenoxy) is 1. The van der Waals surface area contributed by atoms with Crippen molar-refractivity contribution in [2.75, 3.05) is 7.11 Å². The number of nitrogens with one attached hydrogen (secondary N) is 1. The summed E-state index contributed by atoms with van der Waals surface area (Å²) in [6.07, 6.45) is 7.31. The minimum atomic E-state index is -0.339. The van der Waals surface area contributed by atoms with Gasteiger partial charge in [-0.25, -0.2) is 4.79 Å². The summed E-state index contributed by atoms with van der Waals surface area (Å²) in [5.74, 6) is -0.339. The third-order valence-corrected chi connectivity index (χ3v) is 1.43. The molecule has 0 atom stereocenters. The van der Waals surface area contributed by atoms with E-state index in [0.29, 0.717) is 6.42 Å². The molecule has 86 valence electrons. The van der Waals surface area contributed by atoms with Crippen LogP contribution in [0.5, 0.6) is 0 Å². The number of hydrogen-bond acceptors (Lipinski definition) is 3. The maximum Gasteiger partial charge on any atom is 0.330 e. The van der Waals surface area contributed by atoms with E-state index in [1.807, 2.05) is 26.8 Å². The number of carbonyl (C=O) groups is 1. The molecule has 0 heterocycles. The van der Waals surface area contributed by atoms with Crippen molar-refractivity contribution in [3.63, 3.8) is 0 Å². The highest BCUT2D eigenvalue weighted by Gasteiger charge is 1.91. The zero-order valence-electron chi connectivity index (χ0n) is 10.0. The molecule has 0 aliphatic carbocycles. The van der Waals surface area contributed by atoms with Crippen LogP contribution in [0.3, 0.4) is 0 Å². The predicted molar refractivity (Wildman–Crippen MR) is 64.2 cm³/mol. The van der Waals surface area contributed by atoms with Gasteiger partial charge in [0, 0.05) is 18.2 Å². The maximum absolute atomic E-state index is 10.7. The van der Waals surface area contributed by atoms with Crippen LogP contribution in [-0.4, -0.2) is 13.1 Å². The van der Waals surface area contributed by atoms with Crippen LogP contribution in [0.2, 0.25) is 0 Å². The summed E-state index contributed by atoms with van der Waals surface area (Å²) < 4.78 is 4.44. The fourth-order valence-corrected chi connectivity index (χ4v) is 0.741. The third kappa shape index (κ3) is 10.4. The lowest BCUT2D eigenvalue weighted by Crippen LogP contribution is -2.02. The molecule has 0 rings (SSSR count). The van der Waals surface area contributed by atoms with Crippen LogP contribution in [0.15, 0.2) is 36.7 Å². The SMILES string of the molecule is C=CN/C(=C\C)C/C=C/C(=O)OC.CC. The Morgan fingerprint density at radius 1 is 1.47 bits per heavy atom. The van der Waals surface area contributed by atoms with E-state index in [4.69, 9.17) is 0 Å². The molecule has 0 aromatic rings. The van der Waals surface area contributed by atoms with Crippen LogP contribution in [0.25, 0.3) is 0 Å². The molecule has 0 aliphatic rings. The van der Waals surface area contributed by atoms with Crippen LogP contribution in [0.4, 0.5) is 0 Å². The highest BCUT2D eigenvalue weighted by Crippen LogP contribution is 1.97. The van der Waals surface area contributed by atoms with Gasteiger partial charge < -0.3 is 10.1 Å². The fraction of sp³-hybridized carbons (Fsp3) is 0.417. The van der Waals surface area contributed by atoms with Gasteiger partial charge in [-0.3, -0.25) is 0 Å². The third-order valence-electron chi connectivity index (χ3n) is 1.43. The topological polar surface area (TPSA) is 38.3 Å². The van der Waals surface area contributed by atoms with Crippen molar-refractivity contribution in [2.24, 2.45) is 0 Å². The number of methoxy groups -OCH3 is 1. The van der Waals surface area contributed by atoms with Gasteiger partial charge in [-0.05, 0) is 13.1 Å². The molecular weight excluding hydrogens is 190 g/mol. The average Bonchev–Trinajstić information content (AvgIpc) is 2.30. The summed E-state index contributed by atoms with van der Waals surface area (Å²) in [7, 11) is 1.35. The minimum absolute atomic E-state index is 0.339. The summed E-state index contributed by atoms with van der Waals surface area (Å²) in [6, 6.07) is 0. The van der Waals surface area contributed by atoms with Crippen LogP contribution in [-0.2, 0) is 9.53 Å². The van der Waals surface area contributed by atoms with Gasteiger partial charge in [-0.15, -0.1) is 0 Å². The number of allylic oxidation sites excluding steroid dienone is 2. The molecule has 3 nitrogen and oxygen atoms in total. The van der Waals surface area contributed by atoms with E-state index in [-0.39, 0.29) is 5.97 Å². The van der Waals surface area contributed by atoms with E-state index < -0.39 is 0 Å². The van der Waals surface area contributed by atoms with E-state index in [2.05, 4.69) is 16.6 Å². The molecule has 0 saturated heterocycles. The highest BCUT2D eigenvalue weighted by atomic mass is 16.5. The Morgan fingerprint density at radius 3 is 2.47 bits per heavy atom. The summed E-state index contributed by atoms with van der Waals surface area (Å²) >= 11 is 0. The normalized spacial score (nSPS) is 10.3. The number of carbonyl (C=O) groups excluding carboxylic acids is 1. The Balaban J connectivity index is 0. The molecule has 0 radical (unpaired) electrons. The predicted octanol–water partition coefficient (Wildman–Crippen LogP) is 2.77. The largest absolute Gasteiger partial charge is 0.466 e. The molecule has 0 fully saturated rings. The summed E-state index contributed by atoms with van der Waals surface area (Å²) in [5, 5.41) is 2.95. The second-order valence-electron chi connectivity index (χ2n) is 2.29. The molecule has 0 aromatic heterocycles. The summed E-state index contributed by atoms with van der Waals surface area (Å²) in [5.41, 5.74) is 0.996. The van der Waals surface area contributed by atoms with Crippen LogP contribution in [0, 0.1) is 0 Å². The first-order valence-electron chi connectivity index (χ1n) is 5.01. The smallest absolute Gasteiger partial charge is 0.330 e. The first kappa shape index (κ1) is 15.9. The van der Waals surface area contributed by atoms with Crippen molar-refractivity contribution in [1.29, 1.82) is 0 Å². The van der Waals surface area contributed by atoms with E-state index in [1.165, 1.54) is 13.2 Å². The van der Waals surface area contributed by atoms with Gasteiger partial charge in [0.1, 0.15) is 0 Å². The van der Waals surface area contributed by atoms with E-state index >= 15 is 0 Å². The lowest BCUT2D eigenvalue weighted by Gasteiger charge is -2.01. The van der Waals surface area contributed by atoms with Crippen LogP contribution < -0.4 is 5.32 Å². The van der Waals surface area contributed by atoms with Crippen molar-refractivity contribution in [1.82, 2.24) is 5.32 Å². The monoisotopic (exact) mass is 211 g/mol. The van der Waals surface area contributed by atoms with Gasteiger partial charge in [0.15, 0.2) is 0 Å². The van der Waals surface area contributed by atoms with Gasteiger partial charge in [0.2, 0.25) is 0 Å². The van der Waals surface area contributed by atoms with Gasteiger partial charge in [0.05, 0.1) is 7.11 Å². The first-order valence-corrected chi connectivity index (χ1v) is 5.01. The molecule has 0 aromatic carbocycles. The first-order chi connectivity index (χ1) is 7.24. The fourth-order valence-electron chi connectivity index (χ4n) is 0.741. The second kappa shape index (κ2) is 12.5. The van der Waals surface area contributed by atoms with Crippen LogP contribution >= 0.6 is 0 Å². The molecule has 1 N–H and O–H groups in total. The van der Waals surface area contributed by atoms with E-state index in [9.17, 15) is 4.79 Å². The molecule has 0 saturated carbocycles. The number of rotatable bonds is 5. The minimum Gasteiger partial charge on any atom is -0.466 e. The standard InChI is InChI=1S/C10H15NO2.C2H6/c1-4-9(11-5-2)7-6-8-10(12)13-3;1-2/h4-6,8,11H,2,7H2,1,3H3;1-2H3/b8-6+,9-4-;. The molecule has 0 aliphatic heterocycles. The van der Waals surface area contributed by atoms with Crippen molar-refractivity contribution < 1.29 is 9.53 Å². The molecule has 0 unspecified atom stereocenters. The molecule has 3 heteroatoms.